The minimum atomic E-state index is -0.405. The van der Waals surface area contributed by atoms with Crippen molar-refractivity contribution in [1.29, 1.82) is 0 Å². The van der Waals surface area contributed by atoms with Crippen molar-refractivity contribution < 1.29 is 4.92 Å². The van der Waals surface area contributed by atoms with Gasteiger partial charge in [-0.1, -0.05) is 6.92 Å². The van der Waals surface area contributed by atoms with E-state index in [0.717, 1.165) is 25.1 Å². The van der Waals surface area contributed by atoms with Crippen LogP contribution in [0.4, 0.5) is 11.4 Å². The molecule has 3 rings (SSSR count). The number of thiocarbonyl (C=S) groups is 1. The van der Waals surface area contributed by atoms with Crippen LogP contribution in [0.25, 0.3) is 0 Å². The fraction of sp³-hybridized carbons (Fsp3) is 0.312. The summed E-state index contributed by atoms with van der Waals surface area (Å²) in [4.78, 5) is 14.0. The number of hydrogen-bond donors (Lipinski definition) is 1. The van der Waals surface area contributed by atoms with Crippen LogP contribution in [0.15, 0.2) is 35.7 Å². The van der Waals surface area contributed by atoms with Gasteiger partial charge in [-0.2, -0.15) is 0 Å². The third-order valence-corrected chi connectivity index (χ3v) is 5.40. The zero-order valence-corrected chi connectivity index (χ0v) is 14.3. The average molecular weight is 347 g/mol. The first-order valence-electron chi connectivity index (χ1n) is 7.48. The SMILES string of the molecule is CC[C@H]1c2ccsc2CCN1C(=S)Nc1ccc([N+](=O)[O-])cc1. The molecule has 1 aliphatic heterocycles. The predicted molar refractivity (Wildman–Crippen MR) is 97.1 cm³/mol. The highest BCUT2D eigenvalue weighted by Crippen LogP contribution is 2.35. The second kappa shape index (κ2) is 6.64. The zero-order chi connectivity index (χ0) is 16.4. The highest BCUT2D eigenvalue weighted by molar-refractivity contribution is 7.80. The molecular weight excluding hydrogens is 330 g/mol. The molecular formula is C16H17N3O2S2. The van der Waals surface area contributed by atoms with Crippen molar-refractivity contribution in [2.75, 3.05) is 11.9 Å². The number of hydrogen-bond acceptors (Lipinski definition) is 4. The molecule has 1 N–H and O–H groups in total. The minimum Gasteiger partial charge on any atom is -0.342 e. The van der Waals surface area contributed by atoms with E-state index in [1.807, 2.05) is 11.3 Å². The standard InChI is InChI=1S/C16H17N3O2S2/c1-2-14-13-8-10-23-15(13)7-9-18(14)16(22)17-11-3-5-12(6-4-11)19(20)21/h3-6,8,10,14H,2,7,9H2,1H3,(H,17,22)/t14-/m0/s1. The third kappa shape index (κ3) is 3.20. The lowest BCUT2D eigenvalue weighted by Crippen LogP contribution is -2.41. The number of benzene rings is 1. The van der Waals surface area contributed by atoms with E-state index in [4.69, 9.17) is 12.2 Å². The summed E-state index contributed by atoms with van der Waals surface area (Å²) in [5, 5.41) is 16.7. The van der Waals surface area contributed by atoms with Gasteiger partial charge in [0.2, 0.25) is 0 Å². The lowest BCUT2D eigenvalue weighted by molar-refractivity contribution is -0.384. The molecule has 0 fully saturated rings. The Morgan fingerprint density at radius 2 is 2.17 bits per heavy atom. The van der Waals surface area contributed by atoms with Crippen molar-refractivity contribution in [2.45, 2.75) is 25.8 Å². The van der Waals surface area contributed by atoms with E-state index in [9.17, 15) is 10.1 Å². The monoisotopic (exact) mass is 347 g/mol. The lowest BCUT2D eigenvalue weighted by atomic mass is 9.98. The Balaban J connectivity index is 1.74. The second-order valence-corrected chi connectivity index (χ2v) is 6.79. The van der Waals surface area contributed by atoms with Gasteiger partial charge in [0.25, 0.3) is 5.69 Å². The molecule has 120 valence electrons. The van der Waals surface area contributed by atoms with Gasteiger partial charge in [0.05, 0.1) is 11.0 Å². The molecule has 23 heavy (non-hydrogen) atoms. The molecule has 0 bridgehead atoms. The van der Waals surface area contributed by atoms with Gasteiger partial charge in [-0.25, -0.2) is 0 Å². The molecule has 1 aromatic heterocycles. The van der Waals surface area contributed by atoms with Crippen molar-refractivity contribution in [3.63, 3.8) is 0 Å². The maximum Gasteiger partial charge on any atom is 0.269 e. The summed E-state index contributed by atoms with van der Waals surface area (Å²) in [6.07, 6.45) is 2.00. The fourth-order valence-corrected chi connectivity index (χ4v) is 4.21. The number of nitrogens with zero attached hydrogens (tertiary/aromatic N) is 2. The van der Waals surface area contributed by atoms with Crippen molar-refractivity contribution in [2.24, 2.45) is 0 Å². The van der Waals surface area contributed by atoms with Crippen LogP contribution in [-0.4, -0.2) is 21.5 Å². The number of nitrogens with one attached hydrogen (secondary N) is 1. The predicted octanol–water partition coefficient (Wildman–Crippen LogP) is 4.36. The summed E-state index contributed by atoms with van der Waals surface area (Å²) in [5.74, 6) is 0. The Morgan fingerprint density at radius 1 is 1.43 bits per heavy atom. The van der Waals surface area contributed by atoms with E-state index < -0.39 is 4.92 Å². The first kappa shape index (κ1) is 15.9. The molecule has 0 spiro atoms. The van der Waals surface area contributed by atoms with Gasteiger partial charge in [0.15, 0.2) is 5.11 Å². The van der Waals surface area contributed by atoms with Crippen molar-refractivity contribution in [3.05, 3.63) is 56.3 Å². The van der Waals surface area contributed by atoms with Crippen LogP contribution in [0.1, 0.15) is 29.8 Å². The Bertz CT molecular complexity index is 727. The molecule has 0 unspecified atom stereocenters. The number of nitro benzene ring substituents is 1. The summed E-state index contributed by atoms with van der Waals surface area (Å²) in [6, 6.07) is 8.82. The van der Waals surface area contributed by atoms with Gasteiger partial charge < -0.3 is 10.2 Å². The topological polar surface area (TPSA) is 58.4 Å². The van der Waals surface area contributed by atoms with E-state index in [-0.39, 0.29) is 5.69 Å². The quantitative estimate of drug-likeness (QED) is 0.508. The normalized spacial score (nSPS) is 16.7. The van der Waals surface area contributed by atoms with Crippen molar-refractivity contribution in [3.8, 4) is 0 Å². The van der Waals surface area contributed by atoms with E-state index in [2.05, 4.69) is 28.6 Å². The summed E-state index contributed by atoms with van der Waals surface area (Å²) >= 11 is 7.38. The molecule has 1 aliphatic rings. The molecule has 0 amide bonds. The Morgan fingerprint density at radius 3 is 2.83 bits per heavy atom. The first-order valence-corrected chi connectivity index (χ1v) is 8.77. The second-order valence-electron chi connectivity index (χ2n) is 5.40. The molecule has 0 aliphatic carbocycles. The zero-order valence-electron chi connectivity index (χ0n) is 12.7. The summed E-state index contributed by atoms with van der Waals surface area (Å²) < 4.78 is 0. The molecule has 0 radical (unpaired) electrons. The molecule has 5 nitrogen and oxygen atoms in total. The van der Waals surface area contributed by atoms with E-state index >= 15 is 0 Å². The number of fused-ring (bicyclic) bond motifs is 1. The molecule has 0 saturated heterocycles. The molecule has 2 aromatic rings. The minimum absolute atomic E-state index is 0.0776. The van der Waals surface area contributed by atoms with Crippen LogP contribution in [-0.2, 0) is 6.42 Å². The van der Waals surface area contributed by atoms with Crippen LogP contribution >= 0.6 is 23.6 Å². The van der Waals surface area contributed by atoms with E-state index in [1.165, 1.54) is 22.6 Å². The Kier molecular flexibility index (Phi) is 4.58. The summed E-state index contributed by atoms with van der Waals surface area (Å²) in [5.41, 5.74) is 2.22. The van der Waals surface area contributed by atoms with Crippen LogP contribution < -0.4 is 5.32 Å². The third-order valence-electron chi connectivity index (χ3n) is 4.07. The molecule has 1 atom stereocenters. The summed E-state index contributed by atoms with van der Waals surface area (Å²) in [6.45, 7) is 3.06. The maximum atomic E-state index is 10.7. The van der Waals surface area contributed by atoms with Crippen LogP contribution in [0.3, 0.4) is 0 Å². The first-order chi connectivity index (χ1) is 11.1. The number of thiophene rings is 1. The van der Waals surface area contributed by atoms with Crippen LogP contribution in [0.2, 0.25) is 0 Å². The molecule has 7 heteroatoms. The van der Waals surface area contributed by atoms with Gasteiger partial charge in [-0.05, 0) is 54.2 Å². The van der Waals surface area contributed by atoms with E-state index in [1.54, 1.807) is 12.1 Å². The number of rotatable bonds is 3. The molecule has 2 heterocycles. The van der Waals surface area contributed by atoms with Gasteiger partial charge in [0.1, 0.15) is 0 Å². The highest BCUT2D eigenvalue weighted by atomic mass is 32.1. The average Bonchev–Trinajstić information content (AvgIpc) is 3.02. The fourth-order valence-electron chi connectivity index (χ4n) is 2.94. The smallest absolute Gasteiger partial charge is 0.269 e. The molecule has 1 aromatic carbocycles. The lowest BCUT2D eigenvalue weighted by Gasteiger charge is -2.37. The van der Waals surface area contributed by atoms with Gasteiger partial charge in [-0.3, -0.25) is 10.1 Å². The van der Waals surface area contributed by atoms with Crippen molar-refractivity contribution >= 4 is 40.0 Å². The van der Waals surface area contributed by atoms with Crippen molar-refractivity contribution in [1.82, 2.24) is 4.90 Å². The van der Waals surface area contributed by atoms with Crippen LogP contribution in [0.5, 0.6) is 0 Å². The van der Waals surface area contributed by atoms with Crippen LogP contribution in [0, 0.1) is 10.1 Å². The van der Waals surface area contributed by atoms with Gasteiger partial charge in [-0.15, -0.1) is 11.3 Å². The highest BCUT2D eigenvalue weighted by Gasteiger charge is 2.28. The summed E-state index contributed by atoms with van der Waals surface area (Å²) in [7, 11) is 0. The Hall–Kier alpha value is -1.99. The largest absolute Gasteiger partial charge is 0.342 e. The van der Waals surface area contributed by atoms with Gasteiger partial charge >= 0.3 is 0 Å². The number of nitro groups is 1. The maximum absolute atomic E-state index is 10.7. The van der Waals surface area contributed by atoms with E-state index in [0.29, 0.717) is 11.2 Å². The Labute approximate surface area is 144 Å². The number of anilines is 1. The molecule has 0 saturated carbocycles. The number of non-ortho nitro benzene ring substituents is 1. The van der Waals surface area contributed by atoms with Gasteiger partial charge in [0, 0.05) is 29.2 Å².